The Morgan fingerprint density at radius 1 is 1.33 bits per heavy atom. The lowest BCUT2D eigenvalue weighted by molar-refractivity contribution is 0.246. The van der Waals surface area contributed by atoms with Crippen molar-refractivity contribution in [2.75, 3.05) is 12.8 Å². The molecule has 0 saturated heterocycles. The molecule has 0 N–H and O–H groups in total. The van der Waals surface area contributed by atoms with Crippen molar-refractivity contribution in [3.8, 4) is 0 Å². The van der Waals surface area contributed by atoms with E-state index in [0.717, 1.165) is 6.54 Å². The fourth-order valence-electron chi connectivity index (χ4n) is 2.77. The molecule has 1 aliphatic rings. The van der Waals surface area contributed by atoms with E-state index < -0.39 is 0 Å². The van der Waals surface area contributed by atoms with Gasteiger partial charge in [0.2, 0.25) is 0 Å². The molecular formula is C16H25NS. The molecule has 1 aromatic rings. The molecule has 1 heterocycles. The van der Waals surface area contributed by atoms with Crippen molar-refractivity contribution in [2.24, 2.45) is 0 Å². The third kappa shape index (κ3) is 2.75. The summed E-state index contributed by atoms with van der Waals surface area (Å²) in [5.74, 6) is 0.685. The molecule has 0 aliphatic carbocycles. The quantitative estimate of drug-likeness (QED) is 0.798. The molecule has 100 valence electrons. The highest BCUT2D eigenvalue weighted by molar-refractivity contribution is 7.99. The van der Waals surface area contributed by atoms with Gasteiger partial charge in [-0.1, -0.05) is 32.0 Å². The summed E-state index contributed by atoms with van der Waals surface area (Å²) in [5.41, 5.74) is 4.77. The first-order chi connectivity index (χ1) is 8.67. The number of benzene rings is 1. The summed E-state index contributed by atoms with van der Waals surface area (Å²) in [7, 11) is 0. The van der Waals surface area contributed by atoms with Crippen molar-refractivity contribution in [2.45, 2.75) is 51.4 Å². The largest absolute Gasteiger partial charge is 0.287 e. The summed E-state index contributed by atoms with van der Waals surface area (Å²) in [5, 5.41) is 0.628. The van der Waals surface area contributed by atoms with Gasteiger partial charge < -0.3 is 0 Å². The van der Waals surface area contributed by atoms with E-state index in [-0.39, 0.29) is 0 Å². The number of thioether (sulfide) groups is 1. The van der Waals surface area contributed by atoms with Crippen LogP contribution < -0.4 is 0 Å². The summed E-state index contributed by atoms with van der Waals surface area (Å²) in [6, 6.07) is 6.90. The Morgan fingerprint density at radius 2 is 2.11 bits per heavy atom. The van der Waals surface area contributed by atoms with Gasteiger partial charge in [0.25, 0.3) is 0 Å². The highest BCUT2D eigenvalue weighted by Crippen LogP contribution is 2.31. The van der Waals surface area contributed by atoms with Crippen molar-refractivity contribution in [1.82, 2.24) is 4.90 Å². The summed E-state index contributed by atoms with van der Waals surface area (Å²) in [6.45, 7) is 9.31. The number of hydrogen-bond donors (Lipinski definition) is 0. The molecule has 1 nitrogen and oxygen atoms in total. The second-order valence-electron chi connectivity index (χ2n) is 5.35. The van der Waals surface area contributed by atoms with Crippen LogP contribution in [0.3, 0.4) is 0 Å². The zero-order valence-corrected chi connectivity index (χ0v) is 12.9. The number of nitrogens with zero attached hydrogens (tertiary/aromatic N) is 1. The van der Waals surface area contributed by atoms with E-state index in [0.29, 0.717) is 11.3 Å². The fourth-order valence-corrected chi connectivity index (χ4v) is 3.25. The minimum atomic E-state index is 0.628. The fraction of sp³-hybridized carbons (Fsp3) is 0.625. The van der Waals surface area contributed by atoms with Gasteiger partial charge in [-0.05, 0) is 48.6 Å². The highest BCUT2D eigenvalue weighted by atomic mass is 32.2. The molecule has 1 aliphatic heterocycles. The van der Waals surface area contributed by atoms with Gasteiger partial charge in [-0.2, -0.15) is 0 Å². The van der Waals surface area contributed by atoms with Gasteiger partial charge in [-0.3, -0.25) is 4.90 Å². The third-order valence-corrected chi connectivity index (χ3v) is 5.32. The molecule has 0 aromatic heterocycles. The van der Waals surface area contributed by atoms with Crippen LogP contribution in [0.25, 0.3) is 0 Å². The number of fused-ring (bicyclic) bond motifs is 1. The molecule has 0 fully saturated rings. The molecule has 0 spiro atoms. The Morgan fingerprint density at radius 3 is 2.78 bits per heavy atom. The maximum Gasteiger partial charge on any atom is 0.0529 e. The summed E-state index contributed by atoms with van der Waals surface area (Å²) in [6.07, 6.45) is 4.65. The third-order valence-electron chi connectivity index (χ3n) is 4.34. The smallest absolute Gasteiger partial charge is 0.0529 e. The van der Waals surface area contributed by atoms with Crippen LogP contribution in [0, 0.1) is 0 Å². The van der Waals surface area contributed by atoms with E-state index in [1.807, 2.05) is 11.8 Å². The predicted octanol–water partition coefficient (Wildman–Crippen LogP) is 4.27. The molecular weight excluding hydrogens is 238 g/mol. The van der Waals surface area contributed by atoms with Crippen LogP contribution in [0.2, 0.25) is 0 Å². The normalized spacial score (nSPS) is 19.3. The average molecular weight is 263 g/mol. The zero-order chi connectivity index (χ0) is 13.1. The topological polar surface area (TPSA) is 3.24 Å². The first kappa shape index (κ1) is 14.0. The predicted molar refractivity (Wildman–Crippen MR) is 82.2 cm³/mol. The van der Waals surface area contributed by atoms with Gasteiger partial charge in [-0.15, -0.1) is 11.8 Å². The van der Waals surface area contributed by atoms with Crippen LogP contribution in [0.15, 0.2) is 18.2 Å². The number of rotatable bonds is 4. The van der Waals surface area contributed by atoms with Crippen molar-refractivity contribution in [3.05, 3.63) is 34.9 Å². The molecule has 18 heavy (non-hydrogen) atoms. The Kier molecular flexibility index (Phi) is 4.74. The Bertz CT molecular complexity index is 402. The van der Waals surface area contributed by atoms with Crippen LogP contribution in [-0.4, -0.2) is 23.1 Å². The average Bonchev–Trinajstić information content (AvgIpc) is 2.44. The van der Waals surface area contributed by atoms with Gasteiger partial charge in [0, 0.05) is 13.1 Å². The first-order valence-electron chi connectivity index (χ1n) is 7.04. The van der Waals surface area contributed by atoms with Crippen molar-refractivity contribution < 1.29 is 0 Å². The van der Waals surface area contributed by atoms with Crippen LogP contribution in [0.5, 0.6) is 0 Å². The summed E-state index contributed by atoms with van der Waals surface area (Å²) >= 11 is 1.95. The lowest BCUT2D eigenvalue weighted by Crippen LogP contribution is -2.36. The molecule has 2 heteroatoms. The maximum atomic E-state index is 2.61. The molecule has 0 radical (unpaired) electrons. The minimum Gasteiger partial charge on any atom is -0.287 e. The van der Waals surface area contributed by atoms with Crippen LogP contribution in [-0.2, 0) is 13.0 Å². The van der Waals surface area contributed by atoms with Gasteiger partial charge >= 0.3 is 0 Å². The van der Waals surface area contributed by atoms with E-state index in [1.54, 1.807) is 16.7 Å². The molecule has 0 bridgehead atoms. The van der Waals surface area contributed by atoms with E-state index >= 15 is 0 Å². The van der Waals surface area contributed by atoms with Gasteiger partial charge in [0.05, 0.1) is 5.37 Å². The van der Waals surface area contributed by atoms with E-state index in [4.69, 9.17) is 0 Å². The number of hydrogen-bond acceptors (Lipinski definition) is 2. The molecule has 0 amide bonds. The van der Waals surface area contributed by atoms with E-state index in [2.05, 4.69) is 50.1 Å². The summed E-state index contributed by atoms with van der Waals surface area (Å²) < 4.78 is 0. The second kappa shape index (κ2) is 6.12. The van der Waals surface area contributed by atoms with Crippen LogP contribution >= 0.6 is 11.8 Å². The van der Waals surface area contributed by atoms with Crippen LogP contribution in [0.4, 0.5) is 0 Å². The molecule has 2 unspecified atom stereocenters. The minimum absolute atomic E-state index is 0.628. The van der Waals surface area contributed by atoms with Gasteiger partial charge in [-0.25, -0.2) is 0 Å². The Hall–Kier alpha value is -0.470. The Balaban J connectivity index is 2.28. The van der Waals surface area contributed by atoms with Crippen molar-refractivity contribution in [1.29, 1.82) is 0 Å². The van der Waals surface area contributed by atoms with E-state index in [1.165, 1.54) is 19.4 Å². The summed E-state index contributed by atoms with van der Waals surface area (Å²) in [4.78, 5) is 2.61. The van der Waals surface area contributed by atoms with Crippen molar-refractivity contribution in [3.63, 3.8) is 0 Å². The lowest BCUT2D eigenvalue weighted by atomic mass is 9.87. The Labute approximate surface area is 116 Å². The molecule has 2 atom stereocenters. The first-order valence-corrected chi connectivity index (χ1v) is 8.33. The zero-order valence-electron chi connectivity index (χ0n) is 12.1. The van der Waals surface area contributed by atoms with Gasteiger partial charge in [0.15, 0.2) is 0 Å². The second-order valence-corrected chi connectivity index (χ2v) is 6.50. The van der Waals surface area contributed by atoms with E-state index in [9.17, 15) is 0 Å². The van der Waals surface area contributed by atoms with Crippen molar-refractivity contribution >= 4 is 11.8 Å². The standard InChI is InChI=1S/C16H25NS/c1-5-12(2)15-8-6-7-14-9-10-17(11-16(14)15)13(3)18-4/h6-8,12-13H,5,9-11H2,1-4H3. The molecule has 1 aromatic carbocycles. The maximum absolute atomic E-state index is 2.61. The van der Waals surface area contributed by atoms with Gasteiger partial charge in [0.1, 0.15) is 0 Å². The SMILES string of the molecule is CCC(C)c1cccc2c1CN(C(C)SC)CC2. The van der Waals surface area contributed by atoms with Crippen LogP contribution in [0.1, 0.15) is 49.8 Å². The molecule has 0 saturated carbocycles. The lowest BCUT2D eigenvalue weighted by Gasteiger charge is -2.34. The molecule has 2 rings (SSSR count). The monoisotopic (exact) mass is 263 g/mol. The highest BCUT2D eigenvalue weighted by Gasteiger charge is 2.23.